The van der Waals surface area contributed by atoms with Crippen LogP contribution in [0.5, 0.6) is 0 Å². The van der Waals surface area contributed by atoms with E-state index in [0.29, 0.717) is 12.1 Å². The monoisotopic (exact) mass is 150 g/mol. The lowest BCUT2D eigenvalue weighted by Gasteiger charge is -1.99. The maximum absolute atomic E-state index is 11.1. The van der Waals surface area contributed by atoms with E-state index >= 15 is 0 Å². The van der Waals surface area contributed by atoms with Crippen molar-refractivity contribution in [2.75, 3.05) is 6.54 Å². The zero-order valence-corrected chi connectivity index (χ0v) is 6.37. The van der Waals surface area contributed by atoms with Gasteiger partial charge >= 0.3 is 0 Å². The first kappa shape index (κ1) is 7.72. The van der Waals surface area contributed by atoms with Crippen LogP contribution in [0.3, 0.4) is 0 Å². The van der Waals surface area contributed by atoms with E-state index in [1.54, 1.807) is 24.5 Å². The predicted octanol–water partition coefficient (Wildman–Crippen LogP) is 0.831. The molecule has 0 unspecified atom stereocenters. The van der Waals surface area contributed by atoms with E-state index in [1.807, 2.05) is 6.92 Å². The summed E-state index contributed by atoms with van der Waals surface area (Å²) in [5.41, 5.74) is 0.606. The number of carbonyl (C=O) groups excluding carboxylic acids is 1. The number of pyridine rings is 1. The molecule has 0 aliphatic rings. The molecule has 0 spiro atoms. The Hall–Kier alpha value is -1.38. The molecule has 11 heavy (non-hydrogen) atoms. The second kappa shape index (κ2) is 3.71. The first-order valence-corrected chi connectivity index (χ1v) is 3.53. The highest BCUT2D eigenvalue weighted by Gasteiger charge is 2.00. The minimum absolute atomic E-state index is 0.0689. The molecule has 58 valence electrons. The quantitative estimate of drug-likeness (QED) is 0.678. The third-order valence-corrected chi connectivity index (χ3v) is 1.26. The Labute approximate surface area is 65.5 Å². The van der Waals surface area contributed by atoms with Gasteiger partial charge in [0.25, 0.3) is 5.91 Å². The number of nitrogens with zero attached hydrogens (tertiary/aromatic N) is 1. The van der Waals surface area contributed by atoms with Gasteiger partial charge in [0.2, 0.25) is 0 Å². The molecule has 0 saturated carbocycles. The number of nitrogens with one attached hydrogen (secondary N) is 1. The van der Waals surface area contributed by atoms with Crippen LogP contribution in [-0.4, -0.2) is 17.4 Å². The van der Waals surface area contributed by atoms with Crippen molar-refractivity contribution in [3.63, 3.8) is 0 Å². The Morgan fingerprint density at radius 3 is 3.09 bits per heavy atom. The summed E-state index contributed by atoms with van der Waals surface area (Å²) in [7, 11) is 0. The van der Waals surface area contributed by atoms with Crippen LogP contribution in [0.15, 0.2) is 24.5 Å². The molecule has 1 rings (SSSR count). The average Bonchev–Trinajstić information content (AvgIpc) is 2.07. The summed E-state index contributed by atoms with van der Waals surface area (Å²) in [6.45, 7) is 2.53. The fourth-order valence-electron chi connectivity index (χ4n) is 0.760. The number of aromatic nitrogens is 1. The van der Waals surface area contributed by atoms with Crippen LogP contribution in [-0.2, 0) is 0 Å². The first-order valence-electron chi connectivity index (χ1n) is 3.53. The van der Waals surface area contributed by atoms with Crippen molar-refractivity contribution in [3.8, 4) is 0 Å². The third-order valence-electron chi connectivity index (χ3n) is 1.26. The number of hydrogen-bond donors (Lipinski definition) is 1. The van der Waals surface area contributed by atoms with Crippen molar-refractivity contribution >= 4 is 5.91 Å². The Morgan fingerprint density at radius 2 is 2.55 bits per heavy atom. The molecular weight excluding hydrogens is 140 g/mol. The second-order valence-electron chi connectivity index (χ2n) is 2.10. The number of rotatable bonds is 2. The summed E-state index contributed by atoms with van der Waals surface area (Å²) < 4.78 is 0. The van der Waals surface area contributed by atoms with Crippen molar-refractivity contribution < 1.29 is 4.79 Å². The molecule has 1 amide bonds. The van der Waals surface area contributed by atoms with Crippen LogP contribution in [0.1, 0.15) is 17.3 Å². The van der Waals surface area contributed by atoms with Crippen molar-refractivity contribution in [1.29, 1.82) is 0 Å². The summed E-state index contributed by atoms with van der Waals surface area (Å²) in [4.78, 5) is 14.9. The Kier molecular flexibility index (Phi) is 2.60. The van der Waals surface area contributed by atoms with Gasteiger partial charge in [0.15, 0.2) is 0 Å². The molecule has 0 bridgehead atoms. The molecule has 0 aliphatic heterocycles. The minimum atomic E-state index is -0.0689. The summed E-state index contributed by atoms with van der Waals surface area (Å²) in [6, 6.07) is 3.47. The molecule has 1 aromatic heterocycles. The number of carbonyl (C=O) groups is 1. The molecule has 0 atom stereocenters. The molecule has 0 aromatic carbocycles. The van der Waals surface area contributed by atoms with E-state index < -0.39 is 0 Å². The maximum atomic E-state index is 11.1. The lowest BCUT2D eigenvalue weighted by molar-refractivity contribution is 0.0955. The Morgan fingerprint density at radius 1 is 1.73 bits per heavy atom. The van der Waals surface area contributed by atoms with E-state index in [-0.39, 0.29) is 5.91 Å². The van der Waals surface area contributed by atoms with Gasteiger partial charge in [0.05, 0.1) is 5.56 Å². The highest BCUT2D eigenvalue weighted by atomic mass is 16.1. The van der Waals surface area contributed by atoms with E-state index in [0.717, 1.165) is 0 Å². The van der Waals surface area contributed by atoms with Crippen molar-refractivity contribution in [2.45, 2.75) is 6.92 Å². The topological polar surface area (TPSA) is 42.0 Å². The van der Waals surface area contributed by atoms with Crippen molar-refractivity contribution in [2.24, 2.45) is 0 Å². The Bertz CT molecular complexity index is 233. The van der Waals surface area contributed by atoms with Gasteiger partial charge < -0.3 is 5.32 Å². The highest BCUT2D eigenvalue weighted by molar-refractivity contribution is 5.93. The molecule has 3 heteroatoms. The van der Waals surface area contributed by atoms with E-state index in [4.69, 9.17) is 0 Å². The smallest absolute Gasteiger partial charge is 0.252 e. The molecular formula is C8H10N2O. The van der Waals surface area contributed by atoms with Crippen LogP contribution in [0.25, 0.3) is 0 Å². The summed E-state index contributed by atoms with van der Waals surface area (Å²) in [5.74, 6) is -0.0689. The van der Waals surface area contributed by atoms with E-state index in [9.17, 15) is 4.79 Å². The van der Waals surface area contributed by atoms with Gasteiger partial charge in [-0.25, -0.2) is 0 Å². The van der Waals surface area contributed by atoms with Crippen LogP contribution >= 0.6 is 0 Å². The predicted molar refractivity (Wildman–Crippen MR) is 42.2 cm³/mol. The van der Waals surface area contributed by atoms with Crippen LogP contribution in [0, 0.1) is 0 Å². The molecule has 3 nitrogen and oxygen atoms in total. The highest BCUT2D eigenvalue weighted by Crippen LogP contribution is 1.93. The first-order chi connectivity index (χ1) is 5.34. The Balaban J connectivity index is 2.69. The number of hydrogen-bond acceptors (Lipinski definition) is 2. The largest absolute Gasteiger partial charge is 0.352 e. The SMILES string of the molecule is CCNC(=O)c1cccnc1. The molecule has 0 radical (unpaired) electrons. The van der Waals surface area contributed by atoms with Crippen LogP contribution in [0.2, 0.25) is 0 Å². The van der Waals surface area contributed by atoms with Crippen molar-refractivity contribution in [3.05, 3.63) is 30.1 Å². The molecule has 1 heterocycles. The standard InChI is InChI=1S/C8H10N2O/c1-2-10-8(11)7-4-3-5-9-6-7/h3-6H,2H2,1H3,(H,10,11). The van der Waals surface area contributed by atoms with Crippen molar-refractivity contribution in [1.82, 2.24) is 10.3 Å². The van der Waals surface area contributed by atoms with Gasteiger partial charge in [-0.15, -0.1) is 0 Å². The van der Waals surface area contributed by atoms with Crippen LogP contribution in [0.4, 0.5) is 0 Å². The molecule has 0 aliphatic carbocycles. The third kappa shape index (κ3) is 2.04. The maximum Gasteiger partial charge on any atom is 0.252 e. The second-order valence-corrected chi connectivity index (χ2v) is 2.10. The summed E-state index contributed by atoms with van der Waals surface area (Å²) >= 11 is 0. The van der Waals surface area contributed by atoms with Gasteiger partial charge in [-0.05, 0) is 19.1 Å². The molecule has 1 aromatic rings. The normalized spacial score (nSPS) is 9.18. The van der Waals surface area contributed by atoms with Gasteiger partial charge in [-0.2, -0.15) is 0 Å². The average molecular weight is 150 g/mol. The molecule has 0 saturated heterocycles. The van der Waals surface area contributed by atoms with Gasteiger partial charge in [0.1, 0.15) is 0 Å². The minimum Gasteiger partial charge on any atom is -0.352 e. The zero-order chi connectivity index (χ0) is 8.10. The fourth-order valence-corrected chi connectivity index (χ4v) is 0.760. The van der Waals surface area contributed by atoms with Gasteiger partial charge in [0, 0.05) is 18.9 Å². The lowest BCUT2D eigenvalue weighted by atomic mass is 10.3. The van der Waals surface area contributed by atoms with E-state index in [1.165, 1.54) is 0 Å². The summed E-state index contributed by atoms with van der Waals surface area (Å²) in [5, 5.41) is 2.68. The molecule has 0 fully saturated rings. The van der Waals surface area contributed by atoms with Gasteiger partial charge in [-0.3, -0.25) is 9.78 Å². The lowest BCUT2D eigenvalue weighted by Crippen LogP contribution is -2.22. The fraction of sp³-hybridized carbons (Fsp3) is 0.250. The van der Waals surface area contributed by atoms with Gasteiger partial charge in [-0.1, -0.05) is 0 Å². The number of amides is 1. The zero-order valence-electron chi connectivity index (χ0n) is 6.37. The van der Waals surface area contributed by atoms with E-state index in [2.05, 4.69) is 10.3 Å². The summed E-state index contributed by atoms with van der Waals surface area (Å²) in [6.07, 6.45) is 3.19. The molecule has 1 N–H and O–H groups in total. The van der Waals surface area contributed by atoms with Crippen LogP contribution < -0.4 is 5.32 Å².